The molecule has 122 valence electrons. The highest BCUT2D eigenvalue weighted by atomic mass is 32.1. The van der Waals surface area contributed by atoms with Crippen molar-refractivity contribution in [2.75, 3.05) is 13.2 Å². The quantitative estimate of drug-likeness (QED) is 0.535. The number of nitrogens with one attached hydrogen (secondary N) is 2. The molecule has 7 heteroatoms. The van der Waals surface area contributed by atoms with Gasteiger partial charge in [-0.3, -0.25) is 14.4 Å². The van der Waals surface area contributed by atoms with Gasteiger partial charge in [0.1, 0.15) is 0 Å². The first-order valence-corrected chi connectivity index (χ1v) is 8.13. The molecule has 0 aromatic carbocycles. The molecule has 1 unspecified atom stereocenters. The summed E-state index contributed by atoms with van der Waals surface area (Å²) < 4.78 is 4.95. The number of hydrogen-bond donors (Lipinski definition) is 2. The fraction of sp³-hybridized carbons (Fsp3) is 0.533. The molecule has 0 aliphatic rings. The standard InChI is InChI=1S/C15H22N2O4S/c1-3-4-7-16-14(19)10-21-15(20)9-12(17-11(2)18)13-6-5-8-22-13/h5-6,8,12H,3-4,7,9-10H2,1-2H3,(H,16,19)(H,17,18). The number of rotatable bonds is 9. The highest BCUT2D eigenvalue weighted by Gasteiger charge is 2.19. The first-order valence-electron chi connectivity index (χ1n) is 7.25. The van der Waals surface area contributed by atoms with Gasteiger partial charge in [-0.15, -0.1) is 11.3 Å². The third-order valence-electron chi connectivity index (χ3n) is 2.85. The molecule has 1 heterocycles. The lowest BCUT2D eigenvalue weighted by Crippen LogP contribution is -2.31. The Labute approximate surface area is 134 Å². The Hall–Kier alpha value is -1.89. The summed E-state index contributed by atoms with van der Waals surface area (Å²) in [4.78, 5) is 35.4. The average molecular weight is 326 g/mol. The molecule has 0 saturated carbocycles. The SMILES string of the molecule is CCCCNC(=O)COC(=O)CC(NC(C)=O)c1cccs1. The molecular formula is C15H22N2O4S. The van der Waals surface area contributed by atoms with E-state index in [-0.39, 0.29) is 24.8 Å². The van der Waals surface area contributed by atoms with Crippen molar-refractivity contribution in [1.82, 2.24) is 10.6 Å². The van der Waals surface area contributed by atoms with E-state index in [2.05, 4.69) is 10.6 Å². The molecule has 1 aromatic heterocycles. The van der Waals surface area contributed by atoms with E-state index in [0.29, 0.717) is 6.54 Å². The van der Waals surface area contributed by atoms with Gasteiger partial charge in [0, 0.05) is 18.3 Å². The van der Waals surface area contributed by atoms with E-state index < -0.39 is 12.0 Å². The number of unbranched alkanes of at least 4 members (excludes halogenated alkanes) is 1. The van der Waals surface area contributed by atoms with Crippen LogP contribution in [0, 0.1) is 0 Å². The minimum Gasteiger partial charge on any atom is -0.456 e. The van der Waals surface area contributed by atoms with Crippen LogP contribution in [-0.2, 0) is 19.1 Å². The summed E-state index contributed by atoms with van der Waals surface area (Å²) in [6, 6.07) is 3.27. The Bertz CT molecular complexity index is 488. The third kappa shape index (κ3) is 7.21. The van der Waals surface area contributed by atoms with Crippen LogP contribution in [0.1, 0.15) is 44.0 Å². The van der Waals surface area contributed by atoms with Gasteiger partial charge in [-0.1, -0.05) is 19.4 Å². The molecule has 0 radical (unpaired) electrons. The molecule has 1 atom stereocenters. The van der Waals surface area contributed by atoms with Gasteiger partial charge in [0.05, 0.1) is 12.5 Å². The Kier molecular flexibility index (Phi) is 8.21. The monoisotopic (exact) mass is 326 g/mol. The molecule has 2 amide bonds. The van der Waals surface area contributed by atoms with E-state index in [0.717, 1.165) is 17.7 Å². The van der Waals surface area contributed by atoms with Crippen molar-refractivity contribution in [3.05, 3.63) is 22.4 Å². The second-order valence-corrected chi connectivity index (χ2v) is 5.82. The summed E-state index contributed by atoms with van der Waals surface area (Å²) in [6.45, 7) is 3.71. The van der Waals surface area contributed by atoms with Crippen molar-refractivity contribution < 1.29 is 19.1 Å². The van der Waals surface area contributed by atoms with Crippen molar-refractivity contribution in [3.8, 4) is 0 Å². The highest BCUT2D eigenvalue weighted by Crippen LogP contribution is 2.22. The summed E-state index contributed by atoms with van der Waals surface area (Å²) in [5.74, 6) is -1.05. The Morgan fingerprint density at radius 3 is 2.73 bits per heavy atom. The maximum absolute atomic E-state index is 11.8. The number of thiophene rings is 1. The first-order chi connectivity index (χ1) is 10.5. The van der Waals surface area contributed by atoms with Crippen molar-refractivity contribution >= 4 is 29.1 Å². The molecule has 2 N–H and O–H groups in total. The molecule has 0 bridgehead atoms. The summed E-state index contributed by atoms with van der Waals surface area (Å²) >= 11 is 1.45. The molecule has 6 nitrogen and oxygen atoms in total. The van der Waals surface area contributed by atoms with Gasteiger partial charge in [0.2, 0.25) is 5.91 Å². The maximum Gasteiger partial charge on any atom is 0.308 e. The lowest BCUT2D eigenvalue weighted by molar-refractivity contribution is -0.149. The molecule has 0 fully saturated rings. The minimum absolute atomic E-state index is 0.00231. The van der Waals surface area contributed by atoms with Crippen molar-refractivity contribution in [2.45, 2.75) is 39.2 Å². The number of ether oxygens (including phenoxy) is 1. The first kappa shape index (κ1) is 18.2. The second kappa shape index (κ2) is 9.94. The van der Waals surface area contributed by atoms with Crippen molar-refractivity contribution in [3.63, 3.8) is 0 Å². The van der Waals surface area contributed by atoms with E-state index in [1.807, 2.05) is 24.4 Å². The maximum atomic E-state index is 11.8. The molecule has 0 spiro atoms. The van der Waals surface area contributed by atoms with Gasteiger partial charge in [0.15, 0.2) is 6.61 Å². The molecule has 0 aliphatic carbocycles. The number of hydrogen-bond acceptors (Lipinski definition) is 5. The third-order valence-corrected chi connectivity index (χ3v) is 3.84. The molecule has 0 saturated heterocycles. The molecule has 1 rings (SSSR count). The number of carbonyl (C=O) groups is 3. The summed E-state index contributed by atoms with van der Waals surface area (Å²) in [7, 11) is 0. The fourth-order valence-corrected chi connectivity index (χ4v) is 2.56. The molecule has 0 aliphatic heterocycles. The van der Waals surface area contributed by atoms with Crippen LogP contribution in [0.25, 0.3) is 0 Å². The summed E-state index contributed by atoms with van der Waals surface area (Å²) in [5.41, 5.74) is 0. The van der Waals surface area contributed by atoms with E-state index in [1.54, 1.807) is 0 Å². The van der Waals surface area contributed by atoms with Gasteiger partial charge in [-0.05, 0) is 17.9 Å². The topological polar surface area (TPSA) is 84.5 Å². The Morgan fingerprint density at radius 2 is 2.14 bits per heavy atom. The van der Waals surface area contributed by atoms with E-state index >= 15 is 0 Å². The minimum atomic E-state index is -0.516. The van der Waals surface area contributed by atoms with Crippen LogP contribution in [0.15, 0.2) is 17.5 Å². The average Bonchev–Trinajstić information content (AvgIpc) is 2.98. The zero-order valence-electron chi connectivity index (χ0n) is 12.9. The predicted molar refractivity (Wildman–Crippen MR) is 84.4 cm³/mol. The second-order valence-electron chi connectivity index (χ2n) is 4.84. The van der Waals surface area contributed by atoms with Crippen molar-refractivity contribution in [2.24, 2.45) is 0 Å². The van der Waals surface area contributed by atoms with E-state index in [4.69, 9.17) is 4.74 Å². The number of amides is 2. The highest BCUT2D eigenvalue weighted by molar-refractivity contribution is 7.10. The lowest BCUT2D eigenvalue weighted by Gasteiger charge is -2.15. The van der Waals surface area contributed by atoms with Gasteiger partial charge in [-0.25, -0.2) is 0 Å². The van der Waals surface area contributed by atoms with Crippen LogP contribution >= 0.6 is 11.3 Å². The van der Waals surface area contributed by atoms with Gasteiger partial charge in [0.25, 0.3) is 5.91 Å². The zero-order chi connectivity index (χ0) is 16.4. The van der Waals surface area contributed by atoms with Crippen LogP contribution in [0.4, 0.5) is 0 Å². The molecule has 1 aromatic rings. The molecular weight excluding hydrogens is 304 g/mol. The zero-order valence-corrected chi connectivity index (χ0v) is 13.7. The summed E-state index contributed by atoms with van der Waals surface area (Å²) in [6.07, 6.45) is 1.88. The predicted octanol–water partition coefficient (Wildman–Crippen LogP) is 1.77. The van der Waals surface area contributed by atoms with Gasteiger partial charge >= 0.3 is 5.97 Å². The van der Waals surface area contributed by atoms with Crippen LogP contribution in [-0.4, -0.2) is 30.9 Å². The number of esters is 1. The summed E-state index contributed by atoms with van der Waals surface area (Å²) in [5, 5.41) is 7.25. The van der Waals surface area contributed by atoms with Crippen molar-refractivity contribution in [1.29, 1.82) is 0 Å². The lowest BCUT2D eigenvalue weighted by atomic mass is 10.1. The Balaban J connectivity index is 2.40. The molecule has 22 heavy (non-hydrogen) atoms. The Morgan fingerprint density at radius 1 is 1.36 bits per heavy atom. The largest absolute Gasteiger partial charge is 0.456 e. The van der Waals surface area contributed by atoms with Crippen LogP contribution < -0.4 is 10.6 Å². The van der Waals surface area contributed by atoms with E-state index in [1.165, 1.54) is 18.3 Å². The fourth-order valence-electron chi connectivity index (χ4n) is 1.78. The van der Waals surface area contributed by atoms with E-state index in [9.17, 15) is 14.4 Å². The van der Waals surface area contributed by atoms with Gasteiger partial charge < -0.3 is 15.4 Å². The van der Waals surface area contributed by atoms with Crippen LogP contribution in [0.3, 0.4) is 0 Å². The normalized spacial score (nSPS) is 11.5. The van der Waals surface area contributed by atoms with Gasteiger partial charge in [-0.2, -0.15) is 0 Å². The van der Waals surface area contributed by atoms with Crippen LogP contribution in [0.2, 0.25) is 0 Å². The smallest absolute Gasteiger partial charge is 0.308 e. The van der Waals surface area contributed by atoms with Crippen LogP contribution in [0.5, 0.6) is 0 Å². The number of carbonyl (C=O) groups excluding carboxylic acids is 3.